The van der Waals surface area contributed by atoms with Crippen LogP contribution in [0.15, 0.2) is 0 Å². The first-order valence-corrected chi connectivity index (χ1v) is 4.36. The lowest BCUT2D eigenvalue weighted by molar-refractivity contribution is 0.877. The van der Waals surface area contributed by atoms with E-state index in [1.807, 2.05) is 0 Å². The molecule has 0 aliphatic rings. The van der Waals surface area contributed by atoms with E-state index in [9.17, 15) is 0 Å². The number of nitrogens with zero attached hydrogens (tertiary/aromatic N) is 1. The second-order valence-corrected chi connectivity index (χ2v) is 2.75. The van der Waals surface area contributed by atoms with Crippen molar-refractivity contribution in [3.8, 4) is 12.3 Å². The Morgan fingerprint density at radius 1 is 1.50 bits per heavy atom. The van der Waals surface area contributed by atoms with Gasteiger partial charge in [0.15, 0.2) is 0 Å². The summed E-state index contributed by atoms with van der Waals surface area (Å²) in [4.78, 5) is 7.51. The van der Waals surface area contributed by atoms with Crippen molar-refractivity contribution in [3.63, 3.8) is 0 Å². The minimum atomic E-state index is 0.855. The summed E-state index contributed by atoms with van der Waals surface area (Å²) >= 11 is 0. The number of hydrogen-bond acceptors (Lipinski definition) is 1. The zero-order valence-electron chi connectivity index (χ0n) is 7.65. The van der Waals surface area contributed by atoms with Gasteiger partial charge in [0.1, 0.15) is 11.5 Å². The van der Waals surface area contributed by atoms with Gasteiger partial charge in [0.2, 0.25) is 0 Å². The summed E-state index contributed by atoms with van der Waals surface area (Å²) in [6.45, 7) is 4.19. The number of aryl methyl sites for hydroxylation is 2. The van der Waals surface area contributed by atoms with E-state index in [1.165, 1.54) is 0 Å². The fraction of sp³-hybridized carbons (Fsp3) is 0.500. The highest BCUT2D eigenvalue weighted by atomic mass is 14.9. The normalized spacial score (nSPS) is 9.75. The molecule has 64 valence electrons. The number of terminal acetylenes is 1. The molecule has 0 fully saturated rings. The summed E-state index contributed by atoms with van der Waals surface area (Å²) in [5.41, 5.74) is 1.89. The number of nitrogens with one attached hydrogen (secondary N) is 1. The molecule has 0 aliphatic carbocycles. The largest absolute Gasteiger partial charge is 0.335 e. The number of H-pyrrole nitrogens is 1. The van der Waals surface area contributed by atoms with Gasteiger partial charge in [-0.15, -0.1) is 6.42 Å². The number of hydrogen-bond donors (Lipinski definition) is 1. The lowest BCUT2D eigenvalue weighted by Crippen LogP contribution is -1.87. The van der Waals surface area contributed by atoms with Gasteiger partial charge in [0.25, 0.3) is 0 Å². The van der Waals surface area contributed by atoms with Crippen LogP contribution in [-0.2, 0) is 12.8 Å². The van der Waals surface area contributed by atoms with E-state index >= 15 is 0 Å². The SMILES string of the molecule is C#Cc1[nH]c(CC)nc1CCC. The van der Waals surface area contributed by atoms with Gasteiger partial charge >= 0.3 is 0 Å². The van der Waals surface area contributed by atoms with Crippen LogP contribution >= 0.6 is 0 Å². The van der Waals surface area contributed by atoms with Crippen LogP contribution in [0.1, 0.15) is 37.5 Å². The third-order valence-corrected chi connectivity index (χ3v) is 1.79. The first-order valence-electron chi connectivity index (χ1n) is 4.36. The minimum Gasteiger partial charge on any atom is -0.335 e. The molecule has 0 saturated carbocycles. The number of rotatable bonds is 3. The van der Waals surface area contributed by atoms with Crippen LogP contribution in [0, 0.1) is 12.3 Å². The molecule has 0 saturated heterocycles. The van der Waals surface area contributed by atoms with Crippen molar-refractivity contribution in [2.45, 2.75) is 33.1 Å². The van der Waals surface area contributed by atoms with E-state index < -0.39 is 0 Å². The van der Waals surface area contributed by atoms with Gasteiger partial charge in [-0.05, 0) is 6.42 Å². The molecule has 1 aromatic rings. The molecular formula is C10H14N2. The first kappa shape index (κ1) is 8.86. The number of aromatic amines is 1. The highest BCUT2D eigenvalue weighted by Gasteiger charge is 2.05. The molecule has 0 radical (unpaired) electrons. The van der Waals surface area contributed by atoms with E-state index in [0.717, 1.165) is 36.5 Å². The van der Waals surface area contributed by atoms with Crippen LogP contribution in [0.25, 0.3) is 0 Å². The molecule has 1 aromatic heterocycles. The van der Waals surface area contributed by atoms with Gasteiger partial charge in [0, 0.05) is 6.42 Å². The number of imidazole rings is 1. The molecular weight excluding hydrogens is 148 g/mol. The monoisotopic (exact) mass is 162 g/mol. The second-order valence-electron chi connectivity index (χ2n) is 2.75. The quantitative estimate of drug-likeness (QED) is 0.676. The average molecular weight is 162 g/mol. The van der Waals surface area contributed by atoms with Gasteiger partial charge < -0.3 is 4.98 Å². The molecule has 1 N–H and O–H groups in total. The van der Waals surface area contributed by atoms with Crippen molar-refractivity contribution in [1.29, 1.82) is 0 Å². The predicted octanol–water partition coefficient (Wildman–Crippen LogP) is 1.91. The summed E-state index contributed by atoms with van der Waals surface area (Å²) in [7, 11) is 0. The summed E-state index contributed by atoms with van der Waals surface area (Å²) in [6.07, 6.45) is 8.30. The van der Waals surface area contributed by atoms with E-state index in [4.69, 9.17) is 6.42 Å². The highest BCUT2D eigenvalue weighted by Crippen LogP contribution is 2.07. The molecule has 0 aromatic carbocycles. The standard InChI is InChI=1S/C10H14N2/c1-4-7-9-8(5-2)11-10(6-3)12-9/h2H,4,6-7H2,1,3H3,(H,11,12). The zero-order chi connectivity index (χ0) is 8.97. The molecule has 1 heterocycles. The molecule has 0 aliphatic heterocycles. The van der Waals surface area contributed by atoms with Crippen molar-refractivity contribution in [3.05, 3.63) is 17.2 Å². The van der Waals surface area contributed by atoms with Crippen molar-refractivity contribution in [2.75, 3.05) is 0 Å². The van der Waals surface area contributed by atoms with E-state index in [0.29, 0.717) is 0 Å². The first-order chi connectivity index (χ1) is 5.81. The summed E-state index contributed by atoms with van der Waals surface area (Å²) in [5, 5.41) is 0. The summed E-state index contributed by atoms with van der Waals surface area (Å²) < 4.78 is 0. The Labute approximate surface area is 73.4 Å². The molecule has 0 spiro atoms. The fourth-order valence-electron chi connectivity index (χ4n) is 1.17. The summed E-state index contributed by atoms with van der Waals surface area (Å²) in [5.74, 6) is 3.61. The fourth-order valence-corrected chi connectivity index (χ4v) is 1.17. The Hall–Kier alpha value is -1.23. The molecule has 0 bridgehead atoms. The van der Waals surface area contributed by atoms with Crippen LogP contribution < -0.4 is 0 Å². The van der Waals surface area contributed by atoms with Crippen molar-refractivity contribution >= 4 is 0 Å². The van der Waals surface area contributed by atoms with Gasteiger partial charge in [-0.25, -0.2) is 4.98 Å². The lowest BCUT2D eigenvalue weighted by Gasteiger charge is -1.90. The Bertz CT molecular complexity index is 291. The zero-order valence-corrected chi connectivity index (χ0v) is 7.65. The van der Waals surface area contributed by atoms with Crippen molar-refractivity contribution in [2.24, 2.45) is 0 Å². The van der Waals surface area contributed by atoms with Gasteiger partial charge in [-0.2, -0.15) is 0 Å². The number of aromatic nitrogens is 2. The maximum absolute atomic E-state index is 5.33. The molecule has 2 nitrogen and oxygen atoms in total. The third-order valence-electron chi connectivity index (χ3n) is 1.79. The molecule has 0 amide bonds. The van der Waals surface area contributed by atoms with E-state index in [2.05, 4.69) is 29.7 Å². The topological polar surface area (TPSA) is 28.7 Å². The second kappa shape index (κ2) is 3.96. The highest BCUT2D eigenvalue weighted by molar-refractivity contribution is 5.30. The van der Waals surface area contributed by atoms with Crippen LogP contribution in [-0.4, -0.2) is 9.97 Å². The third kappa shape index (κ3) is 1.68. The Kier molecular flexibility index (Phi) is 2.93. The van der Waals surface area contributed by atoms with Gasteiger partial charge in [-0.1, -0.05) is 26.2 Å². The molecule has 0 unspecified atom stereocenters. The van der Waals surface area contributed by atoms with E-state index in [1.54, 1.807) is 0 Å². The van der Waals surface area contributed by atoms with Crippen LogP contribution in [0.3, 0.4) is 0 Å². The van der Waals surface area contributed by atoms with E-state index in [-0.39, 0.29) is 0 Å². The minimum absolute atomic E-state index is 0.855. The molecule has 1 rings (SSSR count). The maximum atomic E-state index is 5.33. The average Bonchev–Trinajstić information content (AvgIpc) is 2.48. The van der Waals surface area contributed by atoms with Crippen LogP contribution in [0.5, 0.6) is 0 Å². The molecule has 2 heteroatoms. The lowest BCUT2D eigenvalue weighted by atomic mass is 10.2. The maximum Gasteiger partial charge on any atom is 0.112 e. The molecule has 12 heavy (non-hydrogen) atoms. The van der Waals surface area contributed by atoms with Crippen LogP contribution in [0.2, 0.25) is 0 Å². The van der Waals surface area contributed by atoms with Crippen molar-refractivity contribution < 1.29 is 0 Å². The smallest absolute Gasteiger partial charge is 0.112 e. The predicted molar refractivity (Wildman–Crippen MR) is 49.9 cm³/mol. The van der Waals surface area contributed by atoms with Crippen molar-refractivity contribution in [1.82, 2.24) is 9.97 Å². The van der Waals surface area contributed by atoms with Gasteiger partial charge in [0.05, 0.1) is 5.69 Å². The van der Waals surface area contributed by atoms with Crippen LogP contribution in [0.4, 0.5) is 0 Å². The Balaban J connectivity index is 2.93. The Morgan fingerprint density at radius 2 is 2.25 bits per heavy atom. The summed E-state index contributed by atoms with van der Waals surface area (Å²) in [6, 6.07) is 0. The Morgan fingerprint density at radius 3 is 2.75 bits per heavy atom. The molecule has 0 atom stereocenters. The van der Waals surface area contributed by atoms with Gasteiger partial charge in [-0.3, -0.25) is 0 Å².